The van der Waals surface area contributed by atoms with E-state index in [9.17, 15) is 9.59 Å². The summed E-state index contributed by atoms with van der Waals surface area (Å²) in [6.45, 7) is 18.9. The van der Waals surface area contributed by atoms with Crippen molar-refractivity contribution in [3.05, 3.63) is 0 Å². The van der Waals surface area contributed by atoms with Gasteiger partial charge < -0.3 is 40.1 Å². The highest BCUT2D eigenvalue weighted by Crippen LogP contribution is 2.20. The van der Waals surface area contributed by atoms with Crippen molar-refractivity contribution in [3.8, 4) is 0 Å². The lowest BCUT2D eigenvalue weighted by atomic mass is 9.94. The molecule has 4 N–H and O–H groups in total. The Bertz CT molecular complexity index is 714. The van der Waals surface area contributed by atoms with E-state index >= 15 is 0 Å². The summed E-state index contributed by atoms with van der Waals surface area (Å²) in [6, 6.07) is 0.752. The summed E-state index contributed by atoms with van der Waals surface area (Å²) in [5.74, 6) is -2.42. The molecule has 0 saturated carbocycles. The van der Waals surface area contributed by atoms with Crippen molar-refractivity contribution in [1.82, 2.24) is 20.4 Å². The van der Waals surface area contributed by atoms with Crippen LogP contribution in [0.2, 0.25) is 0 Å². The summed E-state index contributed by atoms with van der Waals surface area (Å²) in [4.78, 5) is 45.5. The molecule has 2 amide bonds. The number of hydrogen-bond acceptors (Lipinski definition) is 8. The van der Waals surface area contributed by atoms with Gasteiger partial charge in [-0.1, -0.05) is 13.8 Å². The number of amides is 2. The van der Waals surface area contributed by atoms with Crippen LogP contribution in [0.1, 0.15) is 68.2 Å². The molecule has 2 aliphatic heterocycles. The average molecular weight is 547 g/mol. The van der Waals surface area contributed by atoms with Gasteiger partial charge in [-0.15, -0.1) is 0 Å². The molecule has 0 spiro atoms. The Kier molecular flexibility index (Phi) is 14.6. The van der Waals surface area contributed by atoms with E-state index in [-0.39, 0.29) is 12.2 Å². The quantitative estimate of drug-likeness (QED) is 0.380. The lowest BCUT2D eigenvalue weighted by Gasteiger charge is -2.37. The highest BCUT2D eigenvalue weighted by molar-refractivity contribution is 6.27. The van der Waals surface area contributed by atoms with E-state index in [1.165, 1.54) is 0 Å². The number of hydrogen-bond donors (Lipinski definition) is 4. The van der Waals surface area contributed by atoms with Gasteiger partial charge >= 0.3 is 24.1 Å². The Balaban J connectivity index is 0.000000596. The third kappa shape index (κ3) is 14.4. The Labute approximate surface area is 227 Å². The SMILES string of the molecule is CN[C@@H]1CN(C(=O)OC(C)(C)C)CC[C@H]1C.CN[C@@H]1CN(C(=O)OC(C)(C)C)CC[C@H]1C.O=C(O)C(=O)O. The van der Waals surface area contributed by atoms with E-state index in [0.29, 0.717) is 23.9 Å². The summed E-state index contributed by atoms with van der Waals surface area (Å²) >= 11 is 0. The van der Waals surface area contributed by atoms with Crippen LogP contribution in [-0.4, -0.2) is 108 Å². The first kappa shape index (κ1) is 35.4. The van der Waals surface area contributed by atoms with Gasteiger partial charge in [0.05, 0.1) is 0 Å². The zero-order valence-electron chi connectivity index (χ0n) is 24.8. The number of aliphatic carboxylic acids is 2. The summed E-state index contributed by atoms with van der Waals surface area (Å²) in [5.41, 5.74) is -0.815. The fourth-order valence-corrected chi connectivity index (χ4v) is 3.87. The maximum Gasteiger partial charge on any atom is 0.414 e. The fourth-order valence-electron chi connectivity index (χ4n) is 3.87. The largest absolute Gasteiger partial charge is 0.473 e. The molecule has 4 atom stereocenters. The Morgan fingerprint density at radius 2 is 0.974 bits per heavy atom. The second-order valence-electron chi connectivity index (χ2n) is 11.8. The molecule has 0 unspecified atom stereocenters. The number of nitrogens with zero attached hydrogens (tertiary/aromatic N) is 2. The number of carboxylic acids is 2. The summed E-state index contributed by atoms with van der Waals surface area (Å²) < 4.78 is 10.7. The number of carboxylic acid groups (broad SMARTS) is 2. The van der Waals surface area contributed by atoms with Gasteiger partial charge in [0, 0.05) is 38.3 Å². The van der Waals surface area contributed by atoms with Crippen LogP contribution in [0.4, 0.5) is 9.59 Å². The molecule has 2 saturated heterocycles. The molecule has 0 aromatic carbocycles. The topological polar surface area (TPSA) is 158 Å². The van der Waals surface area contributed by atoms with Gasteiger partial charge in [0.15, 0.2) is 0 Å². The number of carbonyl (C=O) groups is 4. The molecule has 2 heterocycles. The van der Waals surface area contributed by atoms with E-state index in [2.05, 4.69) is 24.5 Å². The maximum absolute atomic E-state index is 11.9. The van der Waals surface area contributed by atoms with Crippen LogP contribution in [0.25, 0.3) is 0 Å². The van der Waals surface area contributed by atoms with Crippen molar-refractivity contribution in [3.63, 3.8) is 0 Å². The van der Waals surface area contributed by atoms with Gasteiger partial charge in [-0.3, -0.25) is 0 Å². The van der Waals surface area contributed by atoms with Crippen LogP contribution in [0.15, 0.2) is 0 Å². The van der Waals surface area contributed by atoms with Gasteiger partial charge in [0.2, 0.25) is 0 Å². The molecule has 0 aliphatic carbocycles. The number of likely N-dealkylation sites (tertiary alicyclic amines) is 2. The molecule has 0 aromatic heterocycles. The first-order chi connectivity index (χ1) is 17.3. The molecule has 0 bridgehead atoms. The first-order valence-corrected chi connectivity index (χ1v) is 13.1. The van der Waals surface area contributed by atoms with E-state index in [1.54, 1.807) is 9.80 Å². The van der Waals surface area contributed by atoms with Crippen LogP contribution < -0.4 is 10.6 Å². The Hall–Kier alpha value is -2.60. The van der Waals surface area contributed by atoms with Gasteiger partial charge in [0.1, 0.15) is 11.2 Å². The molecular formula is C26H50N4O8. The molecule has 2 fully saturated rings. The van der Waals surface area contributed by atoms with E-state index in [4.69, 9.17) is 29.3 Å². The Morgan fingerprint density at radius 3 is 1.18 bits per heavy atom. The minimum Gasteiger partial charge on any atom is -0.473 e. The van der Waals surface area contributed by atoms with Crippen LogP contribution in [0.3, 0.4) is 0 Å². The van der Waals surface area contributed by atoms with Crippen molar-refractivity contribution in [2.24, 2.45) is 11.8 Å². The van der Waals surface area contributed by atoms with E-state index < -0.39 is 23.1 Å². The number of ether oxygens (including phenoxy) is 2. The second-order valence-corrected chi connectivity index (χ2v) is 11.8. The molecule has 12 nitrogen and oxygen atoms in total. The third-order valence-corrected chi connectivity index (χ3v) is 6.14. The average Bonchev–Trinajstić information content (AvgIpc) is 2.78. The number of nitrogens with one attached hydrogen (secondary N) is 2. The zero-order valence-corrected chi connectivity index (χ0v) is 24.8. The molecule has 0 aromatic rings. The summed E-state index contributed by atoms with van der Waals surface area (Å²) in [6.07, 6.45) is 1.68. The highest BCUT2D eigenvalue weighted by atomic mass is 16.6. The normalized spacial score (nSPS) is 23.6. The molecular weight excluding hydrogens is 496 g/mol. The molecule has 2 aliphatic rings. The van der Waals surface area contributed by atoms with Gasteiger partial charge in [-0.05, 0) is 80.3 Å². The molecule has 38 heavy (non-hydrogen) atoms. The Morgan fingerprint density at radius 1 is 0.684 bits per heavy atom. The summed E-state index contributed by atoms with van der Waals surface area (Å²) in [5, 5.41) is 21.3. The summed E-state index contributed by atoms with van der Waals surface area (Å²) in [7, 11) is 3.89. The number of piperidine rings is 2. The second kappa shape index (κ2) is 15.7. The third-order valence-electron chi connectivity index (χ3n) is 6.14. The van der Waals surface area contributed by atoms with E-state index in [1.807, 2.05) is 55.6 Å². The number of likely N-dealkylation sites (N-methyl/N-ethyl adjacent to an activating group) is 2. The van der Waals surface area contributed by atoms with Gasteiger partial charge in [-0.25, -0.2) is 19.2 Å². The van der Waals surface area contributed by atoms with Crippen molar-refractivity contribution < 1.29 is 38.9 Å². The number of rotatable bonds is 2. The molecule has 12 heteroatoms. The van der Waals surface area contributed by atoms with Crippen LogP contribution in [0.5, 0.6) is 0 Å². The minimum absolute atomic E-state index is 0.195. The van der Waals surface area contributed by atoms with Gasteiger partial charge in [0.25, 0.3) is 0 Å². The highest BCUT2D eigenvalue weighted by Gasteiger charge is 2.31. The van der Waals surface area contributed by atoms with Crippen molar-refractivity contribution >= 4 is 24.1 Å². The van der Waals surface area contributed by atoms with Crippen LogP contribution in [-0.2, 0) is 19.1 Å². The fraction of sp³-hybridized carbons (Fsp3) is 0.846. The maximum atomic E-state index is 11.9. The van der Waals surface area contributed by atoms with Gasteiger partial charge in [-0.2, -0.15) is 0 Å². The smallest absolute Gasteiger partial charge is 0.414 e. The van der Waals surface area contributed by atoms with Crippen molar-refractivity contribution in [1.29, 1.82) is 0 Å². The standard InChI is InChI=1S/2C12H24N2O2.C2H2O4/c2*1-9-6-7-14(8-10(9)13-5)11(15)16-12(2,3)4;3-1(4)2(5)6/h2*9-10,13H,6-8H2,1-5H3;(H,3,4)(H,5,6)/t2*9-,10-;/m11./s1. The predicted octanol–water partition coefficient (Wildman–Crippen LogP) is 2.86. The van der Waals surface area contributed by atoms with Crippen molar-refractivity contribution in [2.45, 2.75) is 91.5 Å². The minimum atomic E-state index is -1.82. The monoisotopic (exact) mass is 546 g/mol. The molecule has 0 radical (unpaired) electrons. The predicted molar refractivity (Wildman–Crippen MR) is 144 cm³/mol. The lowest BCUT2D eigenvalue weighted by Crippen LogP contribution is -2.51. The van der Waals surface area contributed by atoms with Crippen LogP contribution in [0, 0.1) is 11.8 Å². The van der Waals surface area contributed by atoms with Crippen molar-refractivity contribution in [2.75, 3.05) is 40.3 Å². The first-order valence-electron chi connectivity index (χ1n) is 13.1. The number of carbonyl (C=O) groups excluding carboxylic acids is 2. The zero-order chi connectivity index (χ0) is 29.8. The molecule has 222 valence electrons. The van der Waals surface area contributed by atoms with E-state index in [0.717, 1.165) is 39.0 Å². The van der Waals surface area contributed by atoms with Crippen LogP contribution >= 0.6 is 0 Å². The lowest BCUT2D eigenvalue weighted by molar-refractivity contribution is -0.159. The molecule has 2 rings (SSSR count).